The van der Waals surface area contributed by atoms with Crippen molar-refractivity contribution >= 4 is 11.3 Å². The lowest BCUT2D eigenvalue weighted by Gasteiger charge is -1.99. The first-order valence-electron chi connectivity index (χ1n) is 4.07. The summed E-state index contributed by atoms with van der Waals surface area (Å²) in [4.78, 5) is 0. The molecule has 2 heteroatoms. The lowest BCUT2D eigenvalue weighted by Crippen LogP contribution is -2.10. The molecule has 0 saturated heterocycles. The summed E-state index contributed by atoms with van der Waals surface area (Å²) < 4.78 is 0. The van der Waals surface area contributed by atoms with E-state index in [0.29, 0.717) is 0 Å². The van der Waals surface area contributed by atoms with Gasteiger partial charge in [-0.15, -0.1) is 0 Å². The Morgan fingerprint density at radius 2 is 2.09 bits per heavy atom. The van der Waals surface area contributed by atoms with E-state index in [9.17, 15) is 0 Å². The van der Waals surface area contributed by atoms with Gasteiger partial charge < -0.3 is 5.32 Å². The van der Waals surface area contributed by atoms with Crippen molar-refractivity contribution in [1.29, 1.82) is 0 Å². The SMILES string of the molecule is CCc1cscc1CCNC. The smallest absolute Gasteiger partial charge is 0.00110 e. The average Bonchev–Trinajstić information content (AvgIpc) is 2.47. The first kappa shape index (κ1) is 8.75. The first-order chi connectivity index (χ1) is 5.38. The highest BCUT2D eigenvalue weighted by Crippen LogP contribution is 2.15. The van der Waals surface area contributed by atoms with E-state index in [1.807, 2.05) is 18.4 Å². The van der Waals surface area contributed by atoms with Crippen LogP contribution in [0.1, 0.15) is 18.1 Å². The standard InChI is InChI=1S/C9H15NS/c1-3-8-6-11-7-9(8)4-5-10-2/h6-7,10H,3-5H2,1-2H3. The molecule has 62 valence electrons. The van der Waals surface area contributed by atoms with Crippen LogP contribution in [0, 0.1) is 0 Å². The fourth-order valence-corrected chi connectivity index (χ4v) is 2.12. The van der Waals surface area contributed by atoms with Gasteiger partial charge in [-0.25, -0.2) is 0 Å². The summed E-state index contributed by atoms with van der Waals surface area (Å²) in [6.45, 7) is 3.30. The molecule has 0 aliphatic carbocycles. The number of rotatable bonds is 4. The molecule has 0 bridgehead atoms. The normalized spacial score (nSPS) is 10.4. The summed E-state index contributed by atoms with van der Waals surface area (Å²) in [5, 5.41) is 7.68. The maximum atomic E-state index is 3.16. The second-order valence-electron chi connectivity index (χ2n) is 2.63. The van der Waals surface area contributed by atoms with Crippen LogP contribution in [0.15, 0.2) is 10.8 Å². The van der Waals surface area contributed by atoms with Crippen LogP contribution in [0.25, 0.3) is 0 Å². The van der Waals surface area contributed by atoms with E-state index in [4.69, 9.17) is 0 Å². The molecule has 0 radical (unpaired) electrons. The molecule has 0 fully saturated rings. The molecule has 0 aromatic carbocycles. The van der Waals surface area contributed by atoms with Crippen molar-refractivity contribution in [3.05, 3.63) is 21.9 Å². The van der Waals surface area contributed by atoms with Crippen molar-refractivity contribution in [1.82, 2.24) is 5.32 Å². The van der Waals surface area contributed by atoms with Gasteiger partial charge in [-0.2, -0.15) is 11.3 Å². The molecule has 1 N–H and O–H groups in total. The Labute approximate surface area is 72.4 Å². The highest BCUT2D eigenvalue weighted by molar-refractivity contribution is 7.08. The van der Waals surface area contributed by atoms with Gasteiger partial charge in [0.2, 0.25) is 0 Å². The van der Waals surface area contributed by atoms with E-state index in [1.165, 1.54) is 24.0 Å². The molecule has 1 rings (SSSR count). The zero-order valence-corrected chi connectivity index (χ0v) is 8.00. The Hall–Kier alpha value is -0.340. The maximum Gasteiger partial charge on any atom is -0.00110 e. The third-order valence-electron chi connectivity index (χ3n) is 1.86. The second-order valence-corrected chi connectivity index (χ2v) is 3.37. The van der Waals surface area contributed by atoms with Gasteiger partial charge in [0.1, 0.15) is 0 Å². The van der Waals surface area contributed by atoms with Crippen LogP contribution in [0.3, 0.4) is 0 Å². The minimum Gasteiger partial charge on any atom is -0.319 e. The van der Waals surface area contributed by atoms with E-state index >= 15 is 0 Å². The van der Waals surface area contributed by atoms with Gasteiger partial charge in [0.25, 0.3) is 0 Å². The minimum absolute atomic E-state index is 1.09. The molecule has 0 amide bonds. The van der Waals surface area contributed by atoms with Gasteiger partial charge in [-0.1, -0.05) is 6.92 Å². The molecule has 0 spiro atoms. The second kappa shape index (κ2) is 4.52. The van der Waals surface area contributed by atoms with Gasteiger partial charge in [0, 0.05) is 0 Å². The van der Waals surface area contributed by atoms with E-state index < -0.39 is 0 Å². The molecule has 11 heavy (non-hydrogen) atoms. The summed E-state index contributed by atoms with van der Waals surface area (Å²) in [5.41, 5.74) is 3.04. The molecule has 0 saturated carbocycles. The molecule has 1 aromatic heterocycles. The van der Waals surface area contributed by atoms with Crippen molar-refractivity contribution in [3.63, 3.8) is 0 Å². The predicted octanol–water partition coefficient (Wildman–Crippen LogP) is 2.07. The van der Waals surface area contributed by atoms with Crippen molar-refractivity contribution in [3.8, 4) is 0 Å². The van der Waals surface area contributed by atoms with Crippen molar-refractivity contribution in [2.24, 2.45) is 0 Å². The summed E-state index contributed by atoms with van der Waals surface area (Å²) >= 11 is 1.81. The van der Waals surface area contributed by atoms with Gasteiger partial charge in [0.15, 0.2) is 0 Å². The topological polar surface area (TPSA) is 12.0 Å². The number of likely N-dealkylation sites (N-methyl/N-ethyl adjacent to an activating group) is 1. The van der Waals surface area contributed by atoms with Crippen LogP contribution in [-0.4, -0.2) is 13.6 Å². The Morgan fingerprint density at radius 3 is 2.73 bits per heavy atom. The largest absolute Gasteiger partial charge is 0.319 e. The van der Waals surface area contributed by atoms with Crippen LogP contribution < -0.4 is 5.32 Å². The van der Waals surface area contributed by atoms with Crippen LogP contribution >= 0.6 is 11.3 Å². The zero-order chi connectivity index (χ0) is 8.10. The van der Waals surface area contributed by atoms with E-state index in [0.717, 1.165) is 6.54 Å². The van der Waals surface area contributed by atoms with Gasteiger partial charge in [-0.05, 0) is 48.3 Å². The molecule has 0 unspecified atom stereocenters. The molecule has 0 atom stereocenters. The fourth-order valence-electron chi connectivity index (χ4n) is 1.14. The van der Waals surface area contributed by atoms with E-state index in [2.05, 4.69) is 23.0 Å². The molecular weight excluding hydrogens is 154 g/mol. The molecular formula is C9H15NS. The Bertz CT molecular complexity index is 205. The summed E-state index contributed by atoms with van der Waals surface area (Å²) in [5.74, 6) is 0. The van der Waals surface area contributed by atoms with Gasteiger partial charge >= 0.3 is 0 Å². The average molecular weight is 169 g/mol. The summed E-state index contributed by atoms with van der Waals surface area (Å²) in [6.07, 6.45) is 2.34. The summed E-state index contributed by atoms with van der Waals surface area (Å²) in [7, 11) is 2.00. The molecule has 1 nitrogen and oxygen atoms in total. The third kappa shape index (κ3) is 2.31. The molecule has 1 aromatic rings. The molecule has 1 heterocycles. The van der Waals surface area contributed by atoms with Gasteiger partial charge in [0.05, 0.1) is 0 Å². The summed E-state index contributed by atoms with van der Waals surface area (Å²) in [6, 6.07) is 0. The highest BCUT2D eigenvalue weighted by Gasteiger charge is 1.99. The Morgan fingerprint density at radius 1 is 1.36 bits per heavy atom. The monoisotopic (exact) mass is 169 g/mol. The van der Waals surface area contributed by atoms with Crippen LogP contribution in [0.5, 0.6) is 0 Å². The Kier molecular flexibility index (Phi) is 3.60. The lowest BCUT2D eigenvalue weighted by molar-refractivity contribution is 0.788. The Balaban J connectivity index is 2.54. The number of hydrogen-bond donors (Lipinski definition) is 1. The molecule has 0 aliphatic rings. The third-order valence-corrected chi connectivity index (χ3v) is 2.70. The molecule has 0 aliphatic heterocycles. The fraction of sp³-hybridized carbons (Fsp3) is 0.556. The van der Waals surface area contributed by atoms with Gasteiger partial charge in [-0.3, -0.25) is 0 Å². The lowest BCUT2D eigenvalue weighted by atomic mass is 10.1. The first-order valence-corrected chi connectivity index (χ1v) is 5.01. The van der Waals surface area contributed by atoms with Crippen molar-refractivity contribution in [2.45, 2.75) is 19.8 Å². The van der Waals surface area contributed by atoms with E-state index in [-0.39, 0.29) is 0 Å². The zero-order valence-electron chi connectivity index (χ0n) is 7.18. The number of hydrogen-bond acceptors (Lipinski definition) is 2. The van der Waals surface area contributed by atoms with Crippen molar-refractivity contribution < 1.29 is 0 Å². The number of nitrogens with one attached hydrogen (secondary N) is 1. The van der Waals surface area contributed by atoms with Crippen LogP contribution in [-0.2, 0) is 12.8 Å². The predicted molar refractivity (Wildman–Crippen MR) is 51.3 cm³/mol. The van der Waals surface area contributed by atoms with Crippen molar-refractivity contribution in [2.75, 3.05) is 13.6 Å². The number of aryl methyl sites for hydroxylation is 1. The quantitative estimate of drug-likeness (QED) is 0.727. The van der Waals surface area contributed by atoms with Crippen LogP contribution in [0.4, 0.5) is 0 Å². The highest BCUT2D eigenvalue weighted by atomic mass is 32.1. The number of thiophene rings is 1. The van der Waals surface area contributed by atoms with Crippen LogP contribution in [0.2, 0.25) is 0 Å². The maximum absolute atomic E-state index is 3.16. The minimum atomic E-state index is 1.09. The van der Waals surface area contributed by atoms with E-state index in [1.54, 1.807) is 0 Å².